The third-order valence-electron chi connectivity index (χ3n) is 5.32. The van der Waals surface area contributed by atoms with E-state index in [2.05, 4.69) is 6.92 Å². The van der Waals surface area contributed by atoms with Crippen LogP contribution in [0.1, 0.15) is 103 Å². The van der Waals surface area contributed by atoms with Crippen molar-refractivity contribution in [2.24, 2.45) is 0 Å². The molecule has 0 saturated heterocycles. The zero-order valence-corrected chi connectivity index (χ0v) is 20.0. The van der Waals surface area contributed by atoms with E-state index in [9.17, 15) is 9.90 Å². The number of aliphatic carboxylic acids is 1. The minimum atomic E-state index is -0.678. The fraction of sp³-hybridized carbons (Fsp3) is 0.958. The molecule has 1 unspecified atom stereocenters. The zero-order chi connectivity index (χ0) is 23.6. The minimum Gasteiger partial charge on any atom is -0.481 e. The molecule has 5 N–H and O–H groups in total. The number of hydrogen-bond acceptors (Lipinski definition) is 6. The van der Waals surface area contributed by atoms with Gasteiger partial charge in [0.15, 0.2) is 0 Å². The maximum atomic E-state index is 10.3. The first kappa shape index (κ1) is 32.4. The number of carboxylic acid groups (broad SMARTS) is 1. The van der Waals surface area contributed by atoms with Crippen LogP contribution in [0.3, 0.4) is 0 Å². The highest BCUT2D eigenvalue weighted by atomic mass is 16.4. The summed E-state index contributed by atoms with van der Waals surface area (Å²) < 4.78 is 0. The Morgan fingerprint density at radius 3 is 1.45 bits per heavy atom. The van der Waals surface area contributed by atoms with Gasteiger partial charge >= 0.3 is 5.97 Å². The fourth-order valence-corrected chi connectivity index (χ4v) is 3.43. The van der Waals surface area contributed by atoms with Crippen LogP contribution in [-0.2, 0) is 4.79 Å². The lowest BCUT2D eigenvalue weighted by Crippen LogP contribution is -2.32. The molecule has 0 aliphatic carbocycles. The van der Waals surface area contributed by atoms with Crippen molar-refractivity contribution in [1.29, 1.82) is 0 Å². The quantitative estimate of drug-likeness (QED) is 0.160. The van der Waals surface area contributed by atoms with E-state index in [1.807, 2.05) is 0 Å². The predicted octanol–water partition coefficient (Wildman–Crippen LogP) is 3.57. The first-order valence-corrected chi connectivity index (χ1v) is 12.5. The summed E-state index contributed by atoms with van der Waals surface area (Å²) in [5.41, 5.74) is 0. The molecule has 0 spiro atoms. The van der Waals surface area contributed by atoms with E-state index in [0.717, 1.165) is 38.5 Å². The van der Waals surface area contributed by atoms with Crippen LogP contribution in [0.5, 0.6) is 0 Å². The Morgan fingerprint density at radius 1 is 0.677 bits per heavy atom. The Hall–Kier alpha value is -0.730. The predicted molar refractivity (Wildman–Crippen MR) is 126 cm³/mol. The maximum absolute atomic E-state index is 10.3. The molecule has 0 amide bonds. The standard InChI is InChI=1S/C18H36O3.C6H15NO3/c1-2-3-4-11-14-17(19)15-12-9-7-5-6-8-10-13-16-18(20)21;8-4-1-7(2-5-9)3-6-10/h17,19H,2-16H2,1H3,(H,20,21);8-10H,1-6H2. The van der Waals surface area contributed by atoms with Gasteiger partial charge in [0.25, 0.3) is 0 Å². The van der Waals surface area contributed by atoms with Gasteiger partial charge < -0.3 is 25.5 Å². The summed E-state index contributed by atoms with van der Waals surface area (Å²) in [7, 11) is 0. The topological polar surface area (TPSA) is 121 Å². The van der Waals surface area contributed by atoms with E-state index in [0.29, 0.717) is 26.1 Å². The molecule has 0 aromatic heterocycles. The Bertz CT molecular complexity index is 343. The van der Waals surface area contributed by atoms with Gasteiger partial charge in [0.1, 0.15) is 0 Å². The second kappa shape index (κ2) is 27.3. The lowest BCUT2D eigenvalue weighted by Gasteiger charge is -2.17. The summed E-state index contributed by atoms with van der Waals surface area (Å²) in [6.07, 6.45) is 16.3. The van der Waals surface area contributed by atoms with Crippen molar-refractivity contribution < 1.29 is 30.3 Å². The van der Waals surface area contributed by atoms with Gasteiger partial charge in [-0.3, -0.25) is 9.69 Å². The van der Waals surface area contributed by atoms with Crippen LogP contribution < -0.4 is 0 Å². The molecule has 0 rings (SSSR count). The van der Waals surface area contributed by atoms with Crippen molar-refractivity contribution in [2.45, 2.75) is 109 Å². The Morgan fingerprint density at radius 2 is 1.06 bits per heavy atom. The van der Waals surface area contributed by atoms with Gasteiger partial charge in [-0.2, -0.15) is 0 Å². The van der Waals surface area contributed by atoms with Crippen molar-refractivity contribution in [3.8, 4) is 0 Å². The van der Waals surface area contributed by atoms with Crippen LogP contribution in [0.15, 0.2) is 0 Å². The van der Waals surface area contributed by atoms with E-state index in [4.69, 9.17) is 20.4 Å². The first-order valence-electron chi connectivity index (χ1n) is 12.5. The highest BCUT2D eigenvalue weighted by Crippen LogP contribution is 2.14. The van der Waals surface area contributed by atoms with Crippen LogP contribution in [0, 0.1) is 0 Å². The van der Waals surface area contributed by atoms with Crippen LogP contribution in [0.4, 0.5) is 0 Å². The van der Waals surface area contributed by atoms with Gasteiger partial charge in [0.05, 0.1) is 25.9 Å². The molecule has 0 aliphatic rings. The second-order valence-electron chi connectivity index (χ2n) is 8.28. The van der Waals surface area contributed by atoms with Crippen molar-refractivity contribution in [3.05, 3.63) is 0 Å². The van der Waals surface area contributed by atoms with E-state index >= 15 is 0 Å². The molecule has 31 heavy (non-hydrogen) atoms. The molecular weight excluding hydrogens is 398 g/mol. The van der Waals surface area contributed by atoms with Gasteiger partial charge in [0, 0.05) is 26.1 Å². The Balaban J connectivity index is 0. The molecule has 0 saturated carbocycles. The number of carbonyl (C=O) groups is 1. The fourth-order valence-electron chi connectivity index (χ4n) is 3.43. The van der Waals surface area contributed by atoms with Gasteiger partial charge in [-0.25, -0.2) is 0 Å². The van der Waals surface area contributed by atoms with Crippen LogP contribution in [0.2, 0.25) is 0 Å². The smallest absolute Gasteiger partial charge is 0.303 e. The van der Waals surface area contributed by atoms with Crippen LogP contribution in [-0.4, -0.2) is 82.0 Å². The van der Waals surface area contributed by atoms with Crippen molar-refractivity contribution in [2.75, 3.05) is 39.5 Å². The molecule has 0 fully saturated rings. The average Bonchev–Trinajstić information content (AvgIpc) is 2.73. The van der Waals surface area contributed by atoms with Crippen LogP contribution >= 0.6 is 0 Å². The summed E-state index contributed by atoms with van der Waals surface area (Å²) in [6, 6.07) is 0. The molecular formula is C24H51NO6. The molecule has 188 valence electrons. The van der Waals surface area contributed by atoms with Gasteiger partial charge in [-0.1, -0.05) is 77.6 Å². The molecule has 7 heteroatoms. The number of aliphatic hydroxyl groups excluding tert-OH is 4. The number of carboxylic acids is 1. The Labute approximate surface area is 190 Å². The molecule has 0 bridgehead atoms. The van der Waals surface area contributed by atoms with Crippen LogP contribution in [0.25, 0.3) is 0 Å². The first-order chi connectivity index (χ1) is 15.0. The molecule has 0 radical (unpaired) electrons. The molecule has 0 heterocycles. The summed E-state index contributed by atoms with van der Waals surface area (Å²) in [5.74, 6) is -0.678. The third kappa shape index (κ3) is 29.3. The van der Waals surface area contributed by atoms with Crippen molar-refractivity contribution in [3.63, 3.8) is 0 Å². The molecule has 7 nitrogen and oxygen atoms in total. The van der Waals surface area contributed by atoms with E-state index < -0.39 is 5.97 Å². The lowest BCUT2D eigenvalue weighted by atomic mass is 10.0. The summed E-state index contributed by atoms with van der Waals surface area (Å²) in [6.45, 7) is 3.96. The number of hydrogen-bond donors (Lipinski definition) is 5. The highest BCUT2D eigenvalue weighted by Gasteiger charge is 2.03. The maximum Gasteiger partial charge on any atom is 0.303 e. The molecule has 1 atom stereocenters. The van der Waals surface area contributed by atoms with E-state index in [-0.39, 0.29) is 25.9 Å². The summed E-state index contributed by atoms with van der Waals surface area (Å²) in [4.78, 5) is 12.1. The van der Waals surface area contributed by atoms with Gasteiger partial charge in [0.2, 0.25) is 0 Å². The second-order valence-corrected chi connectivity index (χ2v) is 8.28. The number of aliphatic hydroxyl groups is 4. The SMILES string of the molecule is CCCCCCC(O)CCCCCCCCCCC(=O)O.OCCN(CCO)CCO. The lowest BCUT2D eigenvalue weighted by molar-refractivity contribution is -0.137. The number of rotatable bonds is 22. The van der Waals surface area contributed by atoms with Crippen molar-refractivity contribution in [1.82, 2.24) is 4.90 Å². The molecule has 0 aliphatic heterocycles. The van der Waals surface area contributed by atoms with E-state index in [1.165, 1.54) is 51.4 Å². The average molecular weight is 450 g/mol. The summed E-state index contributed by atoms with van der Waals surface area (Å²) in [5, 5.41) is 43.8. The number of nitrogens with zero attached hydrogens (tertiary/aromatic N) is 1. The number of unbranched alkanes of at least 4 members (excludes halogenated alkanes) is 10. The largest absolute Gasteiger partial charge is 0.481 e. The minimum absolute atomic E-state index is 0.0694. The summed E-state index contributed by atoms with van der Waals surface area (Å²) >= 11 is 0. The normalized spacial score (nSPS) is 11.9. The molecule has 0 aromatic carbocycles. The van der Waals surface area contributed by atoms with E-state index in [1.54, 1.807) is 4.90 Å². The monoisotopic (exact) mass is 449 g/mol. The third-order valence-corrected chi connectivity index (χ3v) is 5.32. The zero-order valence-electron chi connectivity index (χ0n) is 20.0. The van der Waals surface area contributed by atoms with Gasteiger partial charge in [-0.05, 0) is 19.3 Å². The molecule has 0 aromatic rings. The highest BCUT2D eigenvalue weighted by molar-refractivity contribution is 5.66. The Kier molecular flexibility index (Phi) is 28.6. The van der Waals surface area contributed by atoms with Crippen molar-refractivity contribution >= 4 is 5.97 Å². The van der Waals surface area contributed by atoms with Gasteiger partial charge in [-0.15, -0.1) is 0 Å².